The maximum absolute atomic E-state index is 11.0. The van der Waals surface area contributed by atoms with E-state index in [1.54, 1.807) is 6.07 Å². The molecule has 0 unspecified atom stereocenters. The zero-order valence-corrected chi connectivity index (χ0v) is 7.80. The van der Waals surface area contributed by atoms with Crippen LogP contribution in [-0.2, 0) is 21.2 Å². The first-order valence-electron chi connectivity index (χ1n) is 3.49. The van der Waals surface area contributed by atoms with Crippen molar-refractivity contribution in [3.8, 4) is 0 Å². The summed E-state index contributed by atoms with van der Waals surface area (Å²) in [5, 5.41) is 0. The molecule has 13 heavy (non-hydrogen) atoms. The average Bonchev–Trinajstić information content (AvgIpc) is 2.34. The van der Waals surface area contributed by atoms with Crippen LogP contribution in [0.3, 0.4) is 0 Å². The van der Waals surface area contributed by atoms with E-state index < -0.39 is 15.9 Å². The van der Waals surface area contributed by atoms with E-state index >= 15 is 0 Å². The molecule has 0 fully saturated rings. The van der Waals surface area contributed by atoms with E-state index in [1.807, 2.05) is 4.72 Å². The second-order valence-electron chi connectivity index (χ2n) is 2.61. The molecule has 0 saturated heterocycles. The molecule has 5 nitrogen and oxygen atoms in total. The van der Waals surface area contributed by atoms with E-state index in [2.05, 4.69) is 0 Å². The molecule has 0 saturated carbocycles. The van der Waals surface area contributed by atoms with Crippen LogP contribution in [0.25, 0.3) is 0 Å². The van der Waals surface area contributed by atoms with Crippen molar-refractivity contribution in [2.75, 3.05) is 6.26 Å². The second-order valence-corrected chi connectivity index (χ2v) is 4.35. The topological polar surface area (TPSA) is 76.4 Å². The summed E-state index contributed by atoms with van der Waals surface area (Å²) >= 11 is 0. The van der Waals surface area contributed by atoms with Crippen molar-refractivity contribution in [1.29, 1.82) is 0 Å². The Hall–Kier alpha value is -1.30. The van der Waals surface area contributed by atoms with E-state index in [9.17, 15) is 13.2 Å². The van der Waals surface area contributed by atoms with Gasteiger partial charge in [-0.05, 0) is 11.6 Å². The summed E-state index contributed by atoms with van der Waals surface area (Å²) in [6.07, 6.45) is 3.74. The Bertz CT molecular complexity index is 379. The molecule has 1 rings (SSSR count). The molecule has 1 aromatic rings. The van der Waals surface area contributed by atoms with Crippen LogP contribution in [0.4, 0.5) is 0 Å². The number of rotatable bonds is 3. The van der Waals surface area contributed by atoms with Crippen LogP contribution in [0.2, 0.25) is 0 Å². The highest BCUT2D eigenvalue weighted by atomic mass is 32.2. The molecule has 0 aliphatic carbocycles. The third kappa shape index (κ3) is 3.75. The van der Waals surface area contributed by atoms with Gasteiger partial charge >= 0.3 is 0 Å². The van der Waals surface area contributed by atoms with Crippen LogP contribution in [0.1, 0.15) is 5.56 Å². The van der Waals surface area contributed by atoms with Crippen LogP contribution in [0.15, 0.2) is 23.0 Å². The maximum Gasteiger partial charge on any atom is 0.237 e. The summed E-state index contributed by atoms with van der Waals surface area (Å²) in [5.41, 5.74) is 0.640. The van der Waals surface area contributed by atoms with Crippen molar-refractivity contribution in [3.63, 3.8) is 0 Å². The Balaban J connectivity index is 2.53. The Morgan fingerprint density at radius 1 is 1.62 bits per heavy atom. The number of carbonyl (C=O) groups excluding carboxylic acids is 1. The molecule has 0 aliphatic heterocycles. The number of hydrogen-bond acceptors (Lipinski definition) is 4. The van der Waals surface area contributed by atoms with Crippen LogP contribution < -0.4 is 4.72 Å². The van der Waals surface area contributed by atoms with E-state index in [0.717, 1.165) is 6.26 Å². The smallest absolute Gasteiger partial charge is 0.237 e. The molecule has 1 aromatic heterocycles. The van der Waals surface area contributed by atoms with Crippen molar-refractivity contribution in [3.05, 3.63) is 24.2 Å². The summed E-state index contributed by atoms with van der Waals surface area (Å²) in [5.74, 6) is -0.566. The second kappa shape index (κ2) is 3.61. The van der Waals surface area contributed by atoms with Crippen molar-refractivity contribution in [2.24, 2.45) is 0 Å². The van der Waals surface area contributed by atoms with Crippen LogP contribution in [-0.4, -0.2) is 20.6 Å². The molecule has 72 valence electrons. The Morgan fingerprint density at radius 2 is 2.31 bits per heavy atom. The summed E-state index contributed by atoms with van der Waals surface area (Å²) in [6.45, 7) is 0. The SMILES string of the molecule is CS(=O)(=O)NC(=O)Cc1ccoc1. The number of sulfonamides is 1. The van der Waals surface area contributed by atoms with Gasteiger partial charge in [0.05, 0.1) is 25.2 Å². The van der Waals surface area contributed by atoms with Gasteiger partial charge in [0.1, 0.15) is 0 Å². The molecular weight excluding hydrogens is 194 g/mol. The van der Waals surface area contributed by atoms with Gasteiger partial charge in [0.15, 0.2) is 0 Å². The third-order valence-corrected chi connectivity index (χ3v) is 1.84. The number of furan rings is 1. The lowest BCUT2D eigenvalue weighted by Crippen LogP contribution is -2.30. The molecule has 0 spiro atoms. The van der Waals surface area contributed by atoms with E-state index in [-0.39, 0.29) is 6.42 Å². The monoisotopic (exact) mass is 203 g/mol. The van der Waals surface area contributed by atoms with Crippen LogP contribution >= 0.6 is 0 Å². The lowest BCUT2D eigenvalue weighted by atomic mass is 10.2. The average molecular weight is 203 g/mol. The predicted octanol–water partition coefficient (Wildman–Crippen LogP) is -0.102. The minimum atomic E-state index is -3.46. The fraction of sp³-hybridized carbons (Fsp3) is 0.286. The highest BCUT2D eigenvalue weighted by Gasteiger charge is 2.09. The van der Waals surface area contributed by atoms with Crippen molar-refractivity contribution < 1.29 is 17.6 Å². The van der Waals surface area contributed by atoms with Gasteiger partial charge in [-0.25, -0.2) is 8.42 Å². The maximum atomic E-state index is 11.0. The molecular formula is C7H9NO4S. The first-order chi connectivity index (χ1) is 5.97. The number of hydrogen-bond donors (Lipinski definition) is 1. The molecule has 0 radical (unpaired) electrons. The summed E-state index contributed by atoms with van der Waals surface area (Å²) < 4.78 is 27.8. The highest BCUT2D eigenvalue weighted by molar-refractivity contribution is 7.89. The highest BCUT2D eigenvalue weighted by Crippen LogP contribution is 2.00. The van der Waals surface area contributed by atoms with Crippen molar-refractivity contribution >= 4 is 15.9 Å². The van der Waals surface area contributed by atoms with E-state index in [0.29, 0.717) is 5.56 Å². The van der Waals surface area contributed by atoms with Gasteiger partial charge in [0, 0.05) is 0 Å². The fourth-order valence-corrected chi connectivity index (χ4v) is 1.31. The quantitative estimate of drug-likeness (QED) is 0.744. The molecule has 1 amide bonds. The zero-order chi connectivity index (χ0) is 9.90. The van der Waals surface area contributed by atoms with Gasteiger partial charge < -0.3 is 4.42 Å². The molecule has 0 aromatic carbocycles. The zero-order valence-electron chi connectivity index (χ0n) is 6.98. The van der Waals surface area contributed by atoms with Gasteiger partial charge in [-0.1, -0.05) is 0 Å². The van der Waals surface area contributed by atoms with Gasteiger partial charge in [-0.2, -0.15) is 0 Å². The van der Waals surface area contributed by atoms with Gasteiger partial charge in [-0.15, -0.1) is 0 Å². The minimum Gasteiger partial charge on any atom is -0.472 e. The Kier molecular flexibility index (Phi) is 2.72. The van der Waals surface area contributed by atoms with Crippen molar-refractivity contribution in [2.45, 2.75) is 6.42 Å². The lowest BCUT2D eigenvalue weighted by Gasteiger charge is -1.99. The molecule has 0 aliphatic rings. The lowest BCUT2D eigenvalue weighted by molar-refractivity contribution is -0.118. The largest absolute Gasteiger partial charge is 0.472 e. The fourth-order valence-electron chi connectivity index (χ4n) is 0.821. The molecule has 6 heteroatoms. The number of amides is 1. The number of nitrogens with one attached hydrogen (secondary N) is 1. The first-order valence-corrected chi connectivity index (χ1v) is 5.38. The minimum absolute atomic E-state index is 0.00354. The van der Waals surface area contributed by atoms with E-state index in [4.69, 9.17) is 4.42 Å². The predicted molar refractivity (Wildman–Crippen MR) is 45.4 cm³/mol. The van der Waals surface area contributed by atoms with Gasteiger partial charge in [-0.3, -0.25) is 9.52 Å². The normalized spacial score (nSPS) is 11.2. The number of carbonyl (C=O) groups is 1. The molecule has 0 bridgehead atoms. The molecule has 1 N–H and O–H groups in total. The Labute approximate surface area is 75.8 Å². The standard InChI is InChI=1S/C7H9NO4S/c1-13(10,11)8-7(9)4-6-2-3-12-5-6/h2-3,5H,4H2,1H3,(H,8,9). The molecule has 1 heterocycles. The van der Waals surface area contributed by atoms with Crippen molar-refractivity contribution in [1.82, 2.24) is 4.72 Å². The summed E-state index contributed by atoms with van der Waals surface area (Å²) in [6, 6.07) is 1.60. The molecule has 0 atom stereocenters. The van der Waals surface area contributed by atoms with E-state index in [1.165, 1.54) is 12.5 Å². The first kappa shape index (κ1) is 9.79. The van der Waals surface area contributed by atoms with Crippen LogP contribution in [0.5, 0.6) is 0 Å². The summed E-state index contributed by atoms with van der Waals surface area (Å²) in [7, 11) is -3.46. The van der Waals surface area contributed by atoms with Gasteiger partial charge in [0.25, 0.3) is 0 Å². The summed E-state index contributed by atoms with van der Waals surface area (Å²) in [4.78, 5) is 11.0. The van der Waals surface area contributed by atoms with Gasteiger partial charge in [0.2, 0.25) is 15.9 Å². The van der Waals surface area contributed by atoms with Crippen LogP contribution in [0, 0.1) is 0 Å². The Morgan fingerprint density at radius 3 is 2.77 bits per heavy atom. The third-order valence-electron chi connectivity index (χ3n) is 1.24.